The Bertz CT molecular complexity index is 1090. The molecular formula is C16H13N3O5S. The number of sulfonamides is 1. The molecule has 0 aliphatic rings. The fourth-order valence-corrected chi connectivity index (χ4v) is 3.09. The van der Waals surface area contributed by atoms with Gasteiger partial charge in [-0.3, -0.25) is 14.5 Å². The third kappa shape index (κ3) is 3.96. The van der Waals surface area contributed by atoms with Crippen LogP contribution < -0.4 is 20.7 Å². The van der Waals surface area contributed by atoms with Gasteiger partial charge in [0.15, 0.2) is 4.90 Å². The fourth-order valence-electron chi connectivity index (χ4n) is 2.02. The van der Waals surface area contributed by atoms with E-state index in [4.69, 9.17) is 4.74 Å². The number of benzene rings is 2. The molecule has 1 aromatic heterocycles. The Labute approximate surface area is 142 Å². The summed E-state index contributed by atoms with van der Waals surface area (Å²) < 4.78 is 32.3. The van der Waals surface area contributed by atoms with Crippen LogP contribution in [0.15, 0.2) is 75.3 Å². The molecule has 0 spiro atoms. The van der Waals surface area contributed by atoms with Gasteiger partial charge in [-0.1, -0.05) is 18.2 Å². The zero-order valence-electron chi connectivity index (χ0n) is 12.7. The molecule has 25 heavy (non-hydrogen) atoms. The Morgan fingerprint density at radius 1 is 0.880 bits per heavy atom. The summed E-state index contributed by atoms with van der Waals surface area (Å²) in [6.07, 6.45) is 0.844. The van der Waals surface area contributed by atoms with Gasteiger partial charge in [-0.2, -0.15) is 0 Å². The SMILES string of the molecule is O=c1[nH]cc(S(=O)(=O)Nc2ccc(Oc3ccccc3)cc2)c(=O)[nH]1. The van der Waals surface area contributed by atoms with Gasteiger partial charge >= 0.3 is 5.69 Å². The predicted molar refractivity (Wildman–Crippen MR) is 91.4 cm³/mol. The standard InChI is InChI=1S/C16H13N3O5S/c20-15-14(10-17-16(21)18-15)25(22,23)19-11-6-8-13(9-7-11)24-12-4-2-1-3-5-12/h1-10,19H,(H2,17,18,20,21). The number of rotatable bonds is 5. The first-order chi connectivity index (χ1) is 11.9. The number of para-hydroxylation sites is 1. The lowest BCUT2D eigenvalue weighted by Gasteiger charge is -2.09. The minimum absolute atomic E-state index is 0.242. The Kier molecular flexibility index (Phi) is 4.40. The number of aromatic amines is 2. The van der Waals surface area contributed by atoms with E-state index >= 15 is 0 Å². The van der Waals surface area contributed by atoms with Crippen molar-refractivity contribution in [1.82, 2.24) is 9.97 Å². The molecule has 2 aromatic carbocycles. The second-order valence-electron chi connectivity index (χ2n) is 4.98. The van der Waals surface area contributed by atoms with Crippen LogP contribution in [0.3, 0.4) is 0 Å². The van der Waals surface area contributed by atoms with Crippen LogP contribution in [0.2, 0.25) is 0 Å². The summed E-state index contributed by atoms with van der Waals surface area (Å²) in [6.45, 7) is 0. The molecule has 0 atom stereocenters. The molecule has 8 nitrogen and oxygen atoms in total. The molecule has 0 saturated heterocycles. The molecule has 128 valence electrons. The first kappa shape index (κ1) is 16.5. The highest BCUT2D eigenvalue weighted by Gasteiger charge is 2.18. The van der Waals surface area contributed by atoms with Crippen LogP contribution in [0, 0.1) is 0 Å². The molecule has 0 aliphatic carbocycles. The first-order valence-electron chi connectivity index (χ1n) is 7.12. The van der Waals surface area contributed by atoms with Crippen LogP contribution in [-0.4, -0.2) is 18.4 Å². The molecule has 9 heteroatoms. The number of hydrogen-bond donors (Lipinski definition) is 3. The Morgan fingerprint density at radius 3 is 2.16 bits per heavy atom. The van der Waals surface area contributed by atoms with Crippen molar-refractivity contribution >= 4 is 15.7 Å². The second kappa shape index (κ2) is 6.65. The van der Waals surface area contributed by atoms with E-state index in [2.05, 4.69) is 9.71 Å². The molecule has 0 unspecified atom stereocenters. The minimum Gasteiger partial charge on any atom is -0.457 e. The van der Waals surface area contributed by atoms with E-state index in [-0.39, 0.29) is 5.69 Å². The number of aromatic nitrogens is 2. The van der Waals surface area contributed by atoms with Gasteiger partial charge < -0.3 is 9.72 Å². The molecule has 3 rings (SSSR count). The van der Waals surface area contributed by atoms with Crippen molar-refractivity contribution in [3.63, 3.8) is 0 Å². The fraction of sp³-hybridized carbons (Fsp3) is 0. The lowest BCUT2D eigenvalue weighted by atomic mass is 10.3. The summed E-state index contributed by atoms with van der Waals surface area (Å²) in [5, 5.41) is 0. The number of nitrogens with one attached hydrogen (secondary N) is 3. The zero-order chi connectivity index (χ0) is 17.9. The lowest BCUT2D eigenvalue weighted by Crippen LogP contribution is -2.29. The van der Waals surface area contributed by atoms with Gasteiger partial charge in [0.1, 0.15) is 11.5 Å². The minimum atomic E-state index is -4.14. The molecule has 3 N–H and O–H groups in total. The van der Waals surface area contributed by atoms with E-state index in [0.717, 1.165) is 6.20 Å². The zero-order valence-corrected chi connectivity index (χ0v) is 13.5. The van der Waals surface area contributed by atoms with Crippen molar-refractivity contribution in [2.24, 2.45) is 0 Å². The molecule has 3 aromatic rings. The second-order valence-corrected chi connectivity index (χ2v) is 6.63. The summed E-state index contributed by atoms with van der Waals surface area (Å²) in [4.78, 5) is 26.0. The average molecular weight is 359 g/mol. The predicted octanol–water partition coefficient (Wildman–Crippen LogP) is 1.66. The van der Waals surface area contributed by atoms with Gasteiger partial charge in [0.2, 0.25) is 0 Å². The van der Waals surface area contributed by atoms with Crippen molar-refractivity contribution in [2.75, 3.05) is 4.72 Å². The van der Waals surface area contributed by atoms with E-state index in [1.807, 2.05) is 23.2 Å². The largest absolute Gasteiger partial charge is 0.457 e. The van der Waals surface area contributed by atoms with Crippen LogP contribution in [0.1, 0.15) is 0 Å². The van der Waals surface area contributed by atoms with E-state index in [1.165, 1.54) is 12.1 Å². The smallest absolute Gasteiger partial charge is 0.325 e. The maximum Gasteiger partial charge on any atom is 0.325 e. The summed E-state index contributed by atoms with van der Waals surface area (Å²) in [5.41, 5.74) is -1.54. The van der Waals surface area contributed by atoms with Crippen molar-refractivity contribution < 1.29 is 13.2 Å². The maximum atomic E-state index is 12.2. The van der Waals surface area contributed by atoms with Crippen LogP contribution >= 0.6 is 0 Å². The quantitative estimate of drug-likeness (QED) is 0.640. The summed E-state index contributed by atoms with van der Waals surface area (Å²) in [7, 11) is -4.14. The van der Waals surface area contributed by atoms with E-state index in [1.54, 1.807) is 24.3 Å². The molecule has 1 heterocycles. The van der Waals surface area contributed by atoms with Crippen molar-refractivity contribution in [2.45, 2.75) is 4.90 Å². The van der Waals surface area contributed by atoms with Crippen LogP contribution in [-0.2, 0) is 10.0 Å². The number of H-pyrrole nitrogens is 2. The van der Waals surface area contributed by atoms with Crippen LogP contribution in [0.25, 0.3) is 0 Å². The van der Waals surface area contributed by atoms with Gasteiger partial charge in [-0.15, -0.1) is 0 Å². The van der Waals surface area contributed by atoms with E-state index < -0.39 is 26.2 Å². The third-order valence-corrected chi connectivity index (χ3v) is 4.55. The topological polar surface area (TPSA) is 121 Å². The normalized spacial score (nSPS) is 11.0. The molecule has 0 saturated carbocycles. The van der Waals surface area contributed by atoms with Crippen LogP contribution in [0.4, 0.5) is 5.69 Å². The van der Waals surface area contributed by atoms with E-state index in [9.17, 15) is 18.0 Å². The monoisotopic (exact) mass is 359 g/mol. The van der Waals surface area contributed by atoms with Crippen molar-refractivity contribution in [1.29, 1.82) is 0 Å². The lowest BCUT2D eigenvalue weighted by molar-refractivity contribution is 0.483. The first-order valence-corrected chi connectivity index (χ1v) is 8.60. The number of anilines is 1. The summed E-state index contributed by atoms with van der Waals surface area (Å²) in [6, 6.07) is 15.3. The highest BCUT2D eigenvalue weighted by Crippen LogP contribution is 2.23. The van der Waals surface area contributed by atoms with Gasteiger partial charge in [0.25, 0.3) is 15.6 Å². The Hall–Kier alpha value is -3.33. The Balaban J connectivity index is 1.79. The molecule has 0 aliphatic heterocycles. The molecule has 0 amide bonds. The van der Waals surface area contributed by atoms with Gasteiger partial charge in [0, 0.05) is 11.9 Å². The molecule has 0 radical (unpaired) electrons. The summed E-state index contributed by atoms with van der Waals surface area (Å²) in [5.74, 6) is 1.17. The number of ether oxygens (including phenoxy) is 1. The van der Waals surface area contributed by atoms with Crippen molar-refractivity contribution in [3.8, 4) is 11.5 Å². The molecular weight excluding hydrogens is 346 g/mol. The van der Waals surface area contributed by atoms with Crippen LogP contribution in [0.5, 0.6) is 11.5 Å². The Morgan fingerprint density at radius 2 is 1.52 bits per heavy atom. The molecule has 0 fully saturated rings. The molecule has 0 bridgehead atoms. The summed E-state index contributed by atoms with van der Waals surface area (Å²) >= 11 is 0. The van der Waals surface area contributed by atoms with E-state index in [0.29, 0.717) is 11.5 Å². The average Bonchev–Trinajstić information content (AvgIpc) is 2.57. The maximum absolute atomic E-state index is 12.2. The highest BCUT2D eigenvalue weighted by atomic mass is 32.2. The van der Waals surface area contributed by atoms with Gasteiger partial charge in [0.05, 0.1) is 0 Å². The van der Waals surface area contributed by atoms with Gasteiger partial charge in [-0.25, -0.2) is 13.2 Å². The van der Waals surface area contributed by atoms with Gasteiger partial charge in [-0.05, 0) is 36.4 Å². The number of hydrogen-bond acceptors (Lipinski definition) is 5. The van der Waals surface area contributed by atoms with Crippen molar-refractivity contribution in [3.05, 3.63) is 81.6 Å². The third-order valence-electron chi connectivity index (χ3n) is 3.16. The highest BCUT2D eigenvalue weighted by molar-refractivity contribution is 7.92.